The normalized spacial score (nSPS) is 17.0. The minimum Gasteiger partial charge on any atom is -0.363 e. The molecule has 1 aliphatic heterocycles. The fraction of sp³-hybridized carbons (Fsp3) is 0.524. The van der Waals surface area contributed by atoms with Crippen LogP contribution in [0.2, 0.25) is 0 Å². The molecule has 2 heterocycles. The summed E-state index contributed by atoms with van der Waals surface area (Å²) in [5.74, 6) is 1.67. The van der Waals surface area contributed by atoms with Gasteiger partial charge in [0, 0.05) is 27.2 Å². The lowest BCUT2D eigenvalue weighted by molar-refractivity contribution is 0.458. The van der Waals surface area contributed by atoms with Crippen LogP contribution < -0.4 is 10.2 Å². The first-order chi connectivity index (χ1) is 13.8. The highest BCUT2D eigenvalue weighted by atomic mass is 32.2. The number of sulfonamides is 1. The van der Waals surface area contributed by atoms with Gasteiger partial charge in [-0.05, 0) is 37.8 Å². The van der Waals surface area contributed by atoms with Gasteiger partial charge in [0.15, 0.2) is 0 Å². The van der Waals surface area contributed by atoms with Crippen LogP contribution in [-0.2, 0) is 23.0 Å². The second-order valence-electron chi connectivity index (χ2n) is 7.78. The third kappa shape index (κ3) is 5.98. The largest absolute Gasteiger partial charge is 0.363 e. The molecule has 1 atom stereocenters. The SMILES string of the molecule is CN(C)c1cc(CN(C)S(=O)(=O)CCCc2ccccc2)nc([C@@H]2CCCN2)n1. The maximum absolute atomic E-state index is 12.7. The van der Waals surface area contributed by atoms with Crippen LogP contribution in [0.5, 0.6) is 0 Å². The molecule has 1 N–H and O–H groups in total. The highest BCUT2D eigenvalue weighted by Crippen LogP contribution is 2.23. The molecule has 2 aromatic rings. The number of hydrogen-bond acceptors (Lipinski definition) is 6. The molecule has 0 radical (unpaired) electrons. The van der Waals surface area contributed by atoms with E-state index in [2.05, 4.69) is 15.3 Å². The Morgan fingerprint density at radius 1 is 1.14 bits per heavy atom. The van der Waals surface area contributed by atoms with Gasteiger partial charge in [-0.3, -0.25) is 0 Å². The van der Waals surface area contributed by atoms with Gasteiger partial charge in [0.05, 0.1) is 24.0 Å². The van der Waals surface area contributed by atoms with E-state index in [0.717, 1.165) is 48.7 Å². The first kappa shape index (κ1) is 21.7. The van der Waals surface area contributed by atoms with Crippen molar-refractivity contribution in [3.63, 3.8) is 0 Å². The zero-order chi connectivity index (χ0) is 20.9. The van der Waals surface area contributed by atoms with Crippen molar-refractivity contribution in [1.29, 1.82) is 0 Å². The Labute approximate surface area is 174 Å². The van der Waals surface area contributed by atoms with Crippen molar-refractivity contribution in [3.8, 4) is 0 Å². The topological polar surface area (TPSA) is 78.4 Å². The van der Waals surface area contributed by atoms with Gasteiger partial charge in [-0.2, -0.15) is 4.31 Å². The summed E-state index contributed by atoms with van der Waals surface area (Å²) in [5, 5.41) is 3.42. The number of aromatic nitrogens is 2. The Kier molecular flexibility index (Phi) is 7.21. The van der Waals surface area contributed by atoms with Crippen LogP contribution in [-0.4, -0.2) is 56.1 Å². The van der Waals surface area contributed by atoms with Crippen LogP contribution in [0.4, 0.5) is 5.82 Å². The molecule has 8 heteroatoms. The third-order valence-electron chi connectivity index (χ3n) is 5.18. The summed E-state index contributed by atoms with van der Waals surface area (Å²) in [4.78, 5) is 11.3. The number of aryl methyl sites for hydroxylation is 1. The maximum atomic E-state index is 12.7. The number of anilines is 1. The van der Waals surface area contributed by atoms with Crippen molar-refractivity contribution in [2.45, 2.75) is 38.3 Å². The predicted molar refractivity (Wildman–Crippen MR) is 116 cm³/mol. The Morgan fingerprint density at radius 3 is 2.55 bits per heavy atom. The summed E-state index contributed by atoms with van der Waals surface area (Å²) < 4.78 is 26.9. The second-order valence-corrected chi connectivity index (χ2v) is 9.98. The summed E-state index contributed by atoms with van der Waals surface area (Å²) in [6.07, 6.45) is 3.46. The van der Waals surface area contributed by atoms with Crippen molar-refractivity contribution in [3.05, 3.63) is 53.5 Å². The molecule has 158 valence electrons. The fourth-order valence-electron chi connectivity index (χ4n) is 3.46. The predicted octanol–water partition coefficient (Wildman–Crippen LogP) is 2.36. The molecule has 1 aromatic carbocycles. The van der Waals surface area contributed by atoms with Crippen molar-refractivity contribution in [2.24, 2.45) is 0 Å². The van der Waals surface area contributed by atoms with E-state index < -0.39 is 10.0 Å². The zero-order valence-electron chi connectivity index (χ0n) is 17.5. The molecular formula is C21H31N5O2S. The average molecular weight is 418 g/mol. The molecule has 1 aromatic heterocycles. The lowest BCUT2D eigenvalue weighted by Gasteiger charge is -2.20. The monoisotopic (exact) mass is 417 g/mol. The first-order valence-corrected chi connectivity index (χ1v) is 11.7. The number of rotatable bonds is 9. The molecule has 0 unspecified atom stereocenters. The van der Waals surface area contributed by atoms with E-state index in [9.17, 15) is 8.42 Å². The number of benzene rings is 1. The molecule has 0 spiro atoms. The quantitative estimate of drug-likeness (QED) is 0.675. The van der Waals surface area contributed by atoms with Gasteiger partial charge in [0.1, 0.15) is 11.6 Å². The molecular weight excluding hydrogens is 386 g/mol. The van der Waals surface area contributed by atoms with Gasteiger partial charge >= 0.3 is 0 Å². The van der Waals surface area contributed by atoms with E-state index in [1.54, 1.807) is 7.05 Å². The van der Waals surface area contributed by atoms with Gasteiger partial charge < -0.3 is 10.2 Å². The van der Waals surface area contributed by atoms with E-state index in [4.69, 9.17) is 0 Å². The van der Waals surface area contributed by atoms with E-state index in [-0.39, 0.29) is 18.3 Å². The van der Waals surface area contributed by atoms with E-state index in [1.165, 1.54) is 4.31 Å². The van der Waals surface area contributed by atoms with Crippen LogP contribution in [0, 0.1) is 0 Å². The van der Waals surface area contributed by atoms with Crippen LogP contribution in [0.3, 0.4) is 0 Å². The fourth-order valence-corrected chi connectivity index (χ4v) is 4.61. The van der Waals surface area contributed by atoms with Gasteiger partial charge in [-0.25, -0.2) is 18.4 Å². The Morgan fingerprint density at radius 2 is 1.90 bits per heavy atom. The minimum absolute atomic E-state index is 0.126. The van der Waals surface area contributed by atoms with Crippen molar-refractivity contribution < 1.29 is 8.42 Å². The van der Waals surface area contributed by atoms with E-state index >= 15 is 0 Å². The van der Waals surface area contributed by atoms with Gasteiger partial charge in [0.2, 0.25) is 10.0 Å². The van der Waals surface area contributed by atoms with Gasteiger partial charge in [-0.1, -0.05) is 30.3 Å². The number of nitrogens with zero attached hydrogens (tertiary/aromatic N) is 4. The van der Waals surface area contributed by atoms with Crippen molar-refractivity contribution in [1.82, 2.24) is 19.6 Å². The van der Waals surface area contributed by atoms with Gasteiger partial charge in [-0.15, -0.1) is 0 Å². The van der Waals surface area contributed by atoms with Crippen LogP contribution in [0.15, 0.2) is 36.4 Å². The van der Waals surface area contributed by atoms with Crippen LogP contribution in [0.1, 0.15) is 42.4 Å². The molecule has 0 amide bonds. The standard InChI is InChI=1S/C21H31N5O2S/c1-25(2)20-15-18(23-21(24-20)19-12-7-13-22-19)16-26(3)29(27,28)14-8-11-17-9-5-4-6-10-17/h4-6,9-10,15,19,22H,7-8,11-14,16H2,1-3H3/t19-/m0/s1. The summed E-state index contributed by atoms with van der Waals surface area (Å²) in [5.41, 5.74) is 1.88. The highest BCUT2D eigenvalue weighted by molar-refractivity contribution is 7.89. The van der Waals surface area contributed by atoms with Gasteiger partial charge in [0.25, 0.3) is 0 Å². The molecule has 1 aliphatic rings. The first-order valence-electron chi connectivity index (χ1n) is 10.1. The lowest BCUT2D eigenvalue weighted by Crippen LogP contribution is -2.30. The average Bonchev–Trinajstić information content (AvgIpc) is 3.23. The minimum atomic E-state index is -3.35. The summed E-state index contributed by atoms with van der Waals surface area (Å²) >= 11 is 0. The number of hydrogen-bond donors (Lipinski definition) is 1. The molecule has 0 saturated carbocycles. The van der Waals surface area contributed by atoms with Crippen LogP contribution >= 0.6 is 0 Å². The van der Waals surface area contributed by atoms with Crippen molar-refractivity contribution >= 4 is 15.8 Å². The summed E-state index contributed by atoms with van der Waals surface area (Å²) in [6.45, 7) is 1.21. The molecule has 0 aliphatic carbocycles. The third-order valence-corrected chi connectivity index (χ3v) is 7.07. The lowest BCUT2D eigenvalue weighted by atomic mass is 10.1. The van der Waals surface area contributed by atoms with E-state index in [0.29, 0.717) is 6.42 Å². The summed E-state index contributed by atoms with van der Waals surface area (Å²) in [7, 11) is 2.14. The summed E-state index contributed by atoms with van der Waals surface area (Å²) in [6, 6.07) is 12.0. The zero-order valence-corrected chi connectivity index (χ0v) is 18.3. The highest BCUT2D eigenvalue weighted by Gasteiger charge is 2.23. The molecule has 3 rings (SSSR count). The Balaban J connectivity index is 1.67. The molecule has 1 saturated heterocycles. The van der Waals surface area contributed by atoms with Crippen molar-refractivity contribution in [2.75, 3.05) is 38.3 Å². The molecule has 7 nitrogen and oxygen atoms in total. The molecule has 29 heavy (non-hydrogen) atoms. The second kappa shape index (κ2) is 9.65. The number of nitrogens with one attached hydrogen (secondary N) is 1. The smallest absolute Gasteiger partial charge is 0.214 e. The van der Waals surface area contributed by atoms with Crippen LogP contribution in [0.25, 0.3) is 0 Å². The Bertz CT molecular complexity index is 897. The maximum Gasteiger partial charge on any atom is 0.214 e. The molecule has 0 bridgehead atoms. The van der Waals surface area contributed by atoms with E-state index in [1.807, 2.05) is 55.4 Å². The Hall–Kier alpha value is -2.03. The molecule has 1 fully saturated rings.